The predicted octanol–water partition coefficient (Wildman–Crippen LogP) is 6.14. The van der Waals surface area contributed by atoms with Crippen LogP contribution in [0, 0.1) is 6.92 Å². The molecule has 1 aromatic heterocycles. The van der Waals surface area contributed by atoms with E-state index in [1.165, 1.54) is 27.7 Å². The van der Waals surface area contributed by atoms with Crippen molar-refractivity contribution in [2.75, 3.05) is 20.2 Å². The van der Waals surface area contributed by atoms with Crippen LogP contribution in [0.2, 0.25) is 0 Å². The maximum Gasteiger partial charge on any atom is 0.243 e. The Hall–Kier alpha value is -3.09. The van der Waals surface area contributed by atoms with Crippen LogP contribution < -0.4 is 4.74 Å². The summed E-state index contributed by atoms with van der Waals surface area (Å²) in [5.74, 6) is 1.19. The standard InChI is InChI=1S/C30H34N2O3S/c1-4-23-12-14-27(15-13-23)36(33,34)31-18-16-25(17-19-31)30-22(2)32(29-11-6-5-10-28(29)30)21-24-8-7-9-26(20-24)35-3/h5-15,20,25H,4,16-19,21H2,1-3H3. The van der Waals surface area contributed by atoms with Gasteiger partial charge in [0.1, 0.15) is 5.75 Å². The lowest BCUT2D eigenvalue weighted by Gasteiger charge is -2.31. The summed E-state index contributed by atoms with van der Waals surface area (Å²) in [6.45, 7) is 6.12. The van der Waals surface area contributed by atoms with Gasteiger partial charge in [-0.25, -0.2) is 8.42 Å². The molecule has 2 heterocycles. The zero-order valence-electron chi connectivity index (χ0n) is 21.3. The van der Waals surface area contributed by atoms with Crippen molar-refractivity contribution in [2.45, 2.75) is 50.5 Å². The normalized spacial score (nSPS) is 15.4. The number of para-hydroxylation sites is 1. The number of benzene rings is 3. The Kier molecular flexibility index (Phi) is 6.91. The molecule has 3 aromatic carbocycles. The predicted molar refractivity (Wildman–Crippen MR) is 145 cm³/mol. The number of nitrogens with zero attached hydrogens (tertiary/aromatic N) is 2. The van der Waals surface area contributed by atoms with E-state index in [0.717, 1.165) is 37.1 Å². The first-order valence-corrected chi connectivity index (χ1v) is 14.2. The molecule has 0 amide bonds. The van der Waals surface area contributed by atoms with Crippen molar-refractivity contribution in [3.05, 3.63) is 95.2 Å². The zero-order valence-corrected chi connectivity index (χ0v) is 22.1. The first-order chi connectivity index (χ1) is 17.4. The van der Waals surface area contributed by atoms with Crippen molar-refractivity contribution < 1.29 is 13.2 Å². The lowest BCUT2D eigenvalue weighted by molar-refractivity contribution is 0.319. The van der Waals surface area contributed by atoms with Crippen molar-refractivity contribution in [1.29, 1.82) is 0 Å². The fourth-order valence-electron chi connectivity index (χ4n) is 5.56. The van der Waals surface area contributed by atoms with Crippen LogP contribution in [0.25, 0.3) is 10.9 Å². The van der Waals surface area contributed by atoms with Crippen LogP contribution in [0.4, 0.5) is 0 Å². The molecule has 36 heavy (non-hydrogen) atoms. The Morgan fingerprint density at radius 1 is 0.917 bits per heavy atom. The lowest BCUT2D eigenvalue weighted by Crippen LogP contribution is -2.38. The van der Waals surface area contributed by atoms with Gasteiger partial charge in [0.2, 0.25) is 10.0 Å². The van der Waals surface area contributed by atoms with E-state index in [1.807, 2.05) is 24.3 Å². The van der Waals surface area contributed by atoms with Gasteiger partial charge in [0.15, 0.2) is 0 Å². The van der Waals surface area contributed by atoms with Gasteiger partial charge in [-0.15, -0.1) is 0 Å². The van der Waals surface area contributed by atoms with E-state index in [2.05, 4.69) is 54.8 Å². The maximum absolute atomic E-state index is 13.3. The second-order valence-electron chi connectivity index (χ2n) is 9.63. The number of methoxy groups -OCH3 is 1. The van der Waals surface area contributed by atoms with Crippen molar-refractivity contribution in [1.82, 2.24) is 8.87 Å². The van der Waals surface area contributed by atoms with E-state index in [9.17, 15) is 8.42 Å². The number of fused-ring (bicyclic) bond motifs is 1. The molecule has 0 saturated carbocycles. The van der Waals surface area contributed by atoms with Crippen LogP contribution in [-0.4, -0.2) is 37.5 Å². The third-order valence-corrected chi connectivity index (χ3v) is 9.50. The highest BCUT2D eigenvalue weighted by Crippen LogP contribution is 2.38. The van der Waals surface area contributed by atoms with Crippen molar-refractivity contribution in [3.8, 4) is 5.75 Å². The average Bonchev–Trinajstić information content (AvgIpc) is 3.19. The average molecular weight is 503 g/mol. The fourth-order valence-corrected chi connectivity index (χ4v) is 7.03. The molecule has 1 aliphatic rings. The molecule has 0 radical (unpaired) electrons. The molecule has 4 aromatic rings. The number of hydrogen-bond donors (Lipinski definition) is 0. The largest absolute Gasteiger partial charge is 0.497 e. The summed E-state index contributed by atoms with van der Waals surface area (Å²) in [7, 11) is -1.78. The van der Waals surface area contributed by atoms with Gasteiger partial charge in [-0.3, -0.25) is 0 Å². The Balaban J connectivity index is 1.40. The Morgan fingerprint density at radius 3 is 2.33 bits per heavy atom. The van der Waals surface area contributed by atoms with Gasteiger partial charge < -0.3 is 9.30 Å². The number of aromatic nitrogens is 1. The summed E-state index contributed by atoms with van der Waals surface area (Å²) in [5, 5.41) is 1.27. The first kappa shape index (κ1) is 24.6. The molecular formula is C30H34N2O3S. The highest BCUT2D eigenvalue weighted by molar-refractivity contribution is 7.89. The molecule has 0 aliphatic carbocycles. The van der Waals surface area contributed by atoms with E-state index in [1.54, 1.807) is 23.5 Å². The van der Waals surface area contributed by atoms with Crippen LogP contribution >= 0.6 is 0 Å². The number of piperidine rings is 1. The van der Waals surface area contributed by atoms with E-state index in [4.69, 9.17) is 4.74 Å². The molecule has 0 spiro atoms. The molecule has 0 unspecified atom stereocenters. The summed E-state index contributed by atoms with van der Waals surface area (Å²) < 4.78 is 36.0. The molecule has 0 atom stereocenters. The van der Waals surface area contributed by atoms with E-state index < -0.39 is 10.0 Å². The molecule has 5 rings (SSSR count). The Bertz CT molecular complexity index is 1460. The minimum absolute atomic E-state index is 0.329. The molecule has 1 saturated heterocycles. The minimum Gasteiger partial charge on any atom is -0.497 e. The van der Waals surface area contributed by atoms with Crippen LogP contribution in [0.15, 0.2) is 77.7 Å². The summed E-state index contributed by atoms with van der Waals surface area (Å²) in [6.07, 6.45) is 2.54. The number of aryl methyl sites for hydroxylation is 1. The summed E-state index contributed by atoms with van der Waals surface area (Å²) in [6, 6.07) is 24.1. The zero-order chi connectivity index (χ0) is 25.3. The van der Waals surface area contributed by atoms with Gasteiger partial charge in [-0.1, -0.05) is 49.4 Å². The monoisotopic (exact) mass is 502 g/mol. The number of rotatable bonds is 7. The molecule has 188 valence electrons. The quantitative estimate of drug-likeness (QED) is 0.305. The van der Waals surface area contributed by atoms with E-state index in [0.29, 0.717) is 23.9 Å². The minimum atomic E-state index is -3.47. The second-order valence-corrected chi connectivity index (χ2v) is 11.6. The maximum atomic E-state index is 13.3. The van der Waals surface area contributed by atoms with Crippen LogP contribution in [0.1, 0.15) is 48.1 Å². The third-order valence-electron chi connectivity index (χ3n) is 7.59. The number of ether oxygens (including phenoxy) is 1. The third kappa shape index (κ3) is 4.56. The van der Waals surface area contributed by atoms with Gasteiger partial charge in [0, 0.05) is 36.2 Å². The van der Waals surface area contributed by atoms with Crippen molar-refractivity contribution in [3.63, 3.8) is 0 Å². The highest BCUT2D eigenvalue weighted by atomic mass is 32.2. The van der Waals surface area contributed by atoms with Gasteiger partial charge in [0.25, 0.3) is 0 Å². The molecule has 5 nitrogen and oxygen atoms in total. The van der Waals surface area contributed by atoms with Gasteiger partial charge in [-0.05, 0) is 79.1 Å². The number of sulfonamides is 1. The first-order valence-electron chi connectivity index (χ1n) is 12.7. The van der Waals surface area contributed by atoms with Crippen LogP contribution in [0.5, 0.6) is 5.75 Å². The highest BCUT2D eigenvalue weighted by Gasteiger charge is 2.32. The van der Waals surface area contributed by atoms with Gasteiger partial charge in [0.05, 0.1) is 12.0 Å². The van der Waals surface area contributed by atoms with Crippen molar-refractivity contribution >= 4 is 20.9 Å². The van der Waals surface area contributed by atoms with E-state index >= 15 is 0 Å². The molecule has 0 bridgehead atoms. The summed E-state index contributed by atoms with van der Waals surface area (Å²) in [4.78, 5) is 0.393. The molecular weight excluding hydrogens is 468 g/mol. The van der Waals surface area contributed by atoms with Crippen LogP contribution in [-0.2, 0) is 23.0 Å². The lowest BCUT2D eigenvalue weighted by atomic mass is 9.88. The fraction of sp³-hybridized carbons (Fsp3) is 0.333. The second kappa shape index (κ2) is 10.1. The molecule has 1 aliphatic heterocycles. The SMILES string of the molecule is CCc1ccc(S(=O)(=O)N2CCC(c3c(C)n(Cc4cccc(OC)c4)c4ccccc34)CC2)cc1. The summed E-state index contributed by atoms with van der Waals surface area (Å²) >= 11 is 0. The van der Waals surface area contributed by atoms with Gasteiger partial charge in [-0.2, -0.15) is 4.31 Å². The smallest absolute Gasteiger partial charge is 0.243 e. The van der Waals surface area contributed by atoms with E-state index in [-0.39, 0.29) is 0 Å². The molecule has 1 fully saturated rings. The van der Waals surface area contributed by atoms with Crippen LogP contribution in [0.3, 0.4) is 0 Å². The van der Waals surface area contributed by atoms with Crippen molar-refractivity contribution in [2.24, 2.45) is 0 Å². The molecule has 6 heteroatoms. The topological polar surface area (TPSA) is 51.5 Å². The molecule has 0 N–H and O–H groups in total. The van der Waals surface area contributed by atoms with Gasteiger partial charge >= 0.3 is 0 Å². The summed E-state index contributed by atoms with van der Waals surface area (Å²) in [5.41, 5.74) is 6.18. The Labute approximate surface area is 214 Å². The Morgan fingerprint density at radius 2 is 1.64 bits per heavy atom. The number of hydrogen-bond acceptors (Lipinski definition) is 3.